The number of hydrogen-bond acceptors (Lipinski definition) is 1. The van der Waals surface area contributed by atoms with Gasteiger partial charge in [-0.15, -0.1) is 13.2 Å². The summed E-state index contributed by atoms with van der Waals surface area (Å²) in [7, 11) is 2.16. The molecule has 0 aliphatic heterocycles. The number of nitrogens with zero attached hydrogens (tertiary/aromatic N) is 1. The van der Waals surface area contributed by atoms with Gasteiger partial charge in [0.05, 0.1) is 5.54 Å². The van der Waals surface area contributed by atoms with Gasteiger partial charge in [0, 0.05) is 18.7 Å². The molecule has 0 saturated heterocycles. The molecule has 0 aliphatic rings. The molecule has 116 valence electrons. The normalized spacial score (nSPS) is 15.1. The van der Waals surface area contributed by atoms with Gasteiger partial charge in [-0.25, -0.2) is 0 Å². The lowest BCUT2D eigenvalue weighted by Gasteiger charge is -2.42. The first kappa shape index (κ1) is 17.6. The van der Waals surface area contributed by atoms with Gasteiger partial charge in [-0.05, 0) is 49.4 Å². The van der Waals surface area contributed by atoms with Gasteiger partial charge in [-0.1, -0.05) is 39.0 Å². The van der Waals surface area contributed by atoms with Gasteiger partial charge < -0.3 is 4.90 Å². The summed E-state index contributed by atoms with van der Waals surface area (Å²) < 4.78 is 0. The monoisotopic (exact) mass is 285 g/mol. The van der Waals surface area contributed by atoms with Crippen molar-refractivity contribution in [3.8, 4) is 0 Å². The maximum absolute atomic E-state index is 4.06. The Hall–Kier alpha value is -1.50. The van der Waals surface area contributed by atoms with Crippen molar-refractivity contribution >= 4 is 5.69 Å². The van der Waals surface area contributed by atoms with Crippen molar-refractivity contribution < 1.29 is 0 Å². The van der Waals surface area contributed by atoms with E-state index < -0.39 is 0 Å². The predicted molar refractivity (Wildman–Crippen MR) is 96.3 cm³/mol. The van der Waals surface area contributed by atoms with Crippen molar-refractivity contribution in [1.82, 2.24) is 0 Å². The number of likely N-dealkylation sites (N-methyl/N-ethyl adjacent to an activating group) is 1. The van der Waals surface area contributed by atoms with Crippen molar-refractivity contribution in [2.75, 3.05) is 11.9 Å². The molecule has 0 radical (unpaired) electrons. The summed E-state index contributed by atoms with van der Waals surface area (Å²) in [5.74, 6) is 0.329. The summed E-state index contributed by atoms with van der Waals surface area (Å²) in [6.45, 7) is 19.1. The maximum Gasteiger partial charge on any atom is 0.0610 e. The number of rotatable bonds is 7. The van der Waals surface area contributed by atoms with Crippen molar-refractivity contribution in [3.63, 3.8) is 0 Å². The highest BCUT2D eigenvalue weighted by Crippen LogP contribution is 2.34. The highest BCUT2D eigenvalue weighted by molar-refractivity contribution is 5.59. The van der Waals surface area contributed by atoms with Crippen molar-refractivity contribution in [2.45, 2.75) is 53.0 Å². The van der Waals surface area contributed by atoms with Crippen molar-refractivity contribution in [1.29, 1.82) is 0 Å². The third-order valence-electron chi connectivity index (χ3n) is 5.05. The first-order valence-electron chi connectivity index (χ1n) is 7.97. The molecule has 1 aromatic carbocycles. The van der Waals surface area contributed by atoms with Gasteiger partial charge in [0.1, 0.15) is 0 Å². The van der Waals surface area contributed by atoms with E-state index in [0.29, 0.717) is 5.92 Å². The molecule has 0 spiro atoms. The zero-order valence-electron chi connectivity index (χ0n) is 14.7. The summed E-state index contributed by atoms with van der Waals surface area (Å²) in [5.41, 5.74) is 5.40. The fourth-order valence-electron chi connectivity index (χ4n) is 2.95. The third kappa shape index (κ3) is 3.23. The minimum Gasteiger partial charge on any atom is -0.365 e. The molecule has 1 aromatic rings. The minimum atomic E-state index is -0.134. The van der Waals surface area contributed by atoms with Gasteiger partial charge in [-0.2, -0.15) is 0 Å². The average molecular weight is 285 g/mol. The van der Waals surface area contributed by atoms with E-state index in [1.165, 1.54) is 22.4 Å². The number of hydrogen-bond donors (Lipinski definition) is 0. The van der Waals surface area contributed by atoms with Crippen LogP contribution in [-0.2, 0) is 12.8 Å². The first-order chi connectivity index (χ1) is 9.85. The molecule has 2 atom stereocenters. The lowest BCUT2D eigenvalue weighted by Crippen LogP contribution is -2.47. The van der Waals surface area contributed by atoms with Crippen molar-refractivity contribution in [3.05, 3.63) is 54.1 Å². The molecule has 0 heterocycles. The Balaban J connectivity index is 3.38. The lowest BCUT2D eigenvalue weighted by atomic mass is 9.84. The van der Waals surface area contributed by atoms with Crippen LogP contribution >= 0.6 is 0 Å². The SMILES string of the molecule is C=CC(C)C(C)(C=C)N(C)c1cc(CC)c(CC)cc1C. The summed E-state index contributed by atoms with van der Waals surface area (Å²) in [6, 6.07) is 4.69. The van der Waals surface area contributed by atoms with E-state index >= 15 is 0 Å². The molecule has 1 heteroatoms. The van der Waals surface area contributed by atoms with Crippen LogP contribution < -0.4 is 4.90 Å². The second-order valence-electron chi connectivity index (χ2n) is 6.13. The van der Waals surface area contributed by atoms with Crippen LogP contribution in [0, 0.1) is 12.8 Å². The maximum atomic E-state index is 4.06. The largest absolute Gasteiger partial charge is 0.365 e. The molecular formula is C20H31N. The zero-order valence-corrected chi connectivity index (χ0v) is 14.7. The molecule has 0 saturated carbocycles. The van der Waals surface area contributed by atoms with Crippen LogP contribution in [0.1, 0.15) is 44.4 Å². The van der Waals surface area contributed by atoms with Crippen LogP contribution in [0.3, 0.4) is 0 Å². The van der Waals surface area contributed by atoms with E-state index in [1.807, 2.05) is 12.2 Å². The van der Waals surface area contributed by atoms with Crippen LogP contribution in [0.15, 0.2) is 37.4 Å². The highest BCUT2D eigenvalue weighted by atomic mass is 15.2. The van der Waals surface area contributed by atoms with E-state index in [-0.39, 0.29) is 5.54 Å². The van der Waals surface area contributed by atoms with E-state index in [0.717, 1.165) is 12.8 Å². The molecule has 0 bridgehead atoms. The Morgan fingerprint density at radius 3 is 2.14 bits per heavy atom. The number of anilines is 1. The van der Waals surface area contributed by atoms with Crippen LogP contribution in [0.4, 0.5) is 5.69 Å². The highest BCUT2D eigenvalue weighted by Gasteiger charge is 2.31. The Morgan fingerprint density at radius 1 is 1.19 bits per heavy atom. The van der Waals surface area contributed by atoms with Gasteiger partial charge >= 0.3 is 0 Å². The van der Waals surface area contributed by atoms with Gasteiger partial charge in [-0.3, -0.25) is 0 Å². The van der Waals surface area contributed by atoms with Crippen molar-refractivity contribution in [2.24, 2.45) is 5.92 Å². The molecule has 1 rings (SSSR count). The lowest BCUT2D eigenvalue weighted by molar-refractivity contribution is 0.437. The van der Waals surface area contributed by atoms with Gasteiger partial charge in [0.2, 0.25) is 0 Å². The van der Waals surface area contributed by atoms with E-state index in [4.69, 9.17) is 0 Å². The molecule has 0 aromatic heterocycles. The van der Waals surface area contributed by atoms with E-state index in [2.05, 4.69) is 71.9 Å². The molecule has 2 unspecified atom stereocenters. The molecule has 0 aliphatic carbocycles. The fraction of sp³-hybridized carbons (Fsp3) is 0.500. The van der Waals surface area contributed by atoms with E-state index in [9.17, 15) is 0 Å². The third-order valence-corrected chi connectivity index (χ3v) is 5.05. The van der Waals surface area contributed by atoms with Crippen LogP contribution in [0.2, 0.25) is 0 Å². The Labute approximate surface area is 131 Å². The standard InChI is InChI=1S/C20H31N/c1-9-16(6)20(7,12-4)21(8)19-14-18(11-3)17(10-2)13-15(19)5/h9,12-14,16H,1,4,10-11H2,2-3,5-8H3. The second kappa shape index (κ2) is 6.98. The summed E-state index contributed by atoms with van der Waals surface area (Å²) in [6.07, 6.45) is 6.22. The second-order valence-corrected chi connectivity index (χ2v) is 6.13. The number of benzene rings is 1. The van der Waals surface area contributed by atoms with Crippen LogP contribution in [0.5, 0.6) is 0 Å². The van der Waals surface area contributed by atoms with E-state index in [1.54, 1.807) is 0 Å². The molecule has 0 amide bonds. The topological polar surface area (TPSA) is 3.24 Å². The number of aryl methyl sites for hydroxylation is 3. The van der Waals surface area contributed by atoms with Crippen LogP contribution in [-0.4, -0.2) is 12.6 Å². The zero-order chi connectivity index (χ0) is 16.2. The summed E-state index contributed by atoms with van der Waals surface area (Å²) in [4.78, 5) is 2.35. The predicted octanol–water partition coefficient (Wildman–Crippen LogP) is 5.32. The fourth-order valence-corrected chi connectivity index (χ4v) is 2.95. The molecule has 0 fully saturated rings. The Morgan fingerprint density at radius 2 is 1.71 bits per heavy atom. The average Bonchev–Trinajstić information content (AvgIpc) is 2.51. The summed E-state index contributed by atoms with van der Waals surface area (Å²) in [5, 5.41) is 0. The van der Waals surface area contributed by atoms with Crippen LogP contribution in [0.25, 0.3) is 0 Å². The molecule has 21 heavy (non-hydrogen) atoms. The summed E-state index contributed by atoms with van der Waals surface area (Å²) >= 11 is 0. The Bertz CT molecular complexity index is 515. The first-order valence-corrected chi connectivity index (χ1v) is 7.97. The quantitative estimate of drug-likeness (QED) is 0.613. The Kier molecular flexibility index (Phi) is 5.83. The van der Waals surface area contributed by atoms with Gasteiger partial charge in [0.25, 0.3) is 0 Å². The van der Waals surface area contributed by atoms with Gasteiger partial charge in [0.15, 0.2) is 0 Å². The minimum absolute atomic E-state index is 0.134. The molecule has 1 nitrogen and oxygen atoms in total. The molecule has 0 N–H and O–H groups in total. The smallest absolute Gasteiger partial charge is 0.0610 e. The molecular weight excluding hydrogens is 254 g/mol.